The average molecular weight is 98.1 g/mol. The van der Waals surface area contributed by atoms with Gasteiger partial charge in [-0.15, -0.1) is 0 Å². The molecule has 0 rings (SSSR count). The van der Waals surface area contributed by atoms with Gasteiger partial charge in [-0.2, -0.15) is 5.26 Å². The van der Waals surface area contributed by atoms with Crippen molar-refractivity contribution >= 4 is 5.71 Å². The van der Waals surface area contributed by atoms with Crippen molar-refractivity contribution in [3.05, 3.63) is 0 Å². The van der Waals surface area contributed by atoms with Crippen LogP contribution in [0, 0.1) is 11.3 Å². The minimum absolute atomic E-state index is 0.167. The van der Waals surface area contributed by atoms with Gasteiger partial charge < -0.3 is 5.21 Å². The molecule has 3 nitrogen and oxygen atoms in total. The minimum Gasteiger partial charge on any atom is -0.410 e. The molecule has 0 atom stereocenters. The number of hydrogen-bond acceptors (Lipinski definition) is 3. The minimum atomic E-state index is 0.167. The van der Waals surface area contributed by atoms with Crippen molar-refractivity contribution in [3.8, 4) is 6.07 Å². The molecule has 1 N–H and O–H groups in total. The molecule has 0 aromatic carbocycles. The summed E-state index contributed by atoms with van der Waals surface area (Å²) in [5, 5.41) is 18.6. The summed E-state index contributed by atoms with van der Waals surface area (Å²) < 4.78 is 0. The molecule has 0 saturated heterocycles. The fourth-order valence-corrected chi connectivity index (χ4v) is 0.172. The van der Waals surface area contributed by atoms with E-state index >= 15 is 0 Å². The fraction of sp³-hybridized carbons (Fsp3) is 0.500. The van der Waals surface area contributed by atoms with Gasteiger partial charge in [-0.3, -0.25) is 0 Å². The van der Waals surface area contributed by atoms with Crippen molar-refractivity contribution in [3.63, 3.8) is 0 Å². The SMILES string of the molecule is CC/C(C#N)=N/O. The van der Waals surface area contributed by atoms with Gasteiger partial charge in [0.25, 0.3) is 0 Å². The van der Waals surface area contributed by atoms with E-state index in [0.717, 1.165) is 0 Å². The lowest BCUT2D eigenvalue weighted by Gasteiger charge is -1.78. The molecule has 38 valence electrons. The number of rotatable bonds is 1. The zero-order valence-corrected chi connectivity index (χ0v) is 4.05. The molecule has 3 heteroatoms. The van der Waals surface area contributed by atoms with Crippen molar-refractivity contribution in [2.75, 3.05) is 0 Å². The van der Waals surface area contributed by atoms with Gasteiger partial charge in [0.1, 0.15) is 6.07 Å². The third kappa shape index (κ3) is 1.77. The third-order valence-corrected chi connectivity index (χ3v) is 0.585. The second-order valence-corrected chi connectivity index (χ2v) is 1.01. The summed E-state index contributed by atoms with van der Waals surface area (Å²) in [6, 6.07) is 1.70. The maximum absolute atomic E-state index is 7.99. The van der Waals surface area contributed by atoms with Crippen LogP contribution < -0.4 is 0 Å². The Balaban J connectivity index is 3.68. The van der Waals surface area contributed by atoms with E-state index < -0.39 is 0 Å². The van der Waals surface area contributed by atoms with Crippen molar-refractivity contribution in [1.82, 2.24) is 0 Å². The summed E-state index contributed by atoms with van der Waals surface area (Å²) in [6.07, 6.45) is 0.493. The molecule has 0 aliphatic heterocycles. The van der Waals surface area contributed by atoms with Gasteiger partial charge in [-0.05, 0) is 0 Å². The highest BCUT2D eigenvalue weighted by molar-refractivity contribution is 5.97. The first-order chi connectivity index (χ1) is 3.35. The average Bonchev–Trinajstić information content (AvgIpc) is 1.72. The summed E-state index contributed by atoms with van der Waals surface area (Å²) in [5.41, 5.74) is 0.167. The molecule has 0 aromatic rings. The quantitative estimate of drug-likeness (QED) is 0.299. The van der Waals surface area contributed by atoms with Gasteiger partial charge >= 0.3 is 0 Å². The molecule has 0 radical (unpaired) electrons. The van der Waals surface area contributed by atoms with Crippen LogP contribution in [0.15, 0.2) is 5.16 Å². The molecule has 0 unspecified atom stereocenters. The molecular formula is C4H6N2O. The normalized spacial score (nSPS) is 10.6. The Kier molecular flexibility index (Phi) is 2.69. The van der Waals surface area contributed by atoms with Crippen LogP contribution in [0.2, 0.25) is 0 Å². The van der Waals surface area contributed by atoms with Crippen LogP contribution >= 0.6 is 0 Å². The van der Waals surface area contributed by atoms with Gasteiger partial charge in [0, 0.05) is 6.42 Å². The second-order valence-electron chi connectivity index (χ2n) is 1.01. The van der Waals surface area contributed by atoms with Gasteiger partial charge in [0.2, 0.25) is 0 Å². The van der Waals surface area contributed by atoms with Crippen LogP contribution in [0.1, 0.15) is 13.3 Å². The summed E-state index contributed by atoms with van der Waals surface area (Å²) in [7, 11) is 0. The smallest absolute Gasteiger partial charge is 0.156 e. The Morgan fingerprint density at radius 3 is 2.57 bits per heavy atom. The lowest BCUT2D eigenvalue weighted by Crippen LogP contribution is -1.87. The topological polar surface area (TPSA) is 56.4 Å². The largest absolute Gasteiger partial charge is 0.410 e. The van der Waals surface area contributed by atoms with E-state index in [0.29, 0.717) is 6.42 Å². The first-order valence-corrected chi connectivity index (χ1v) is 1.96. The number of hydrogen-bond donors (Lipinski definition) is 1. The fourth-order valence-electron chi connectivity index (χ4n) is 0.172. The Morgan fingerprint density at radius 2 is 2.57 bits per heavy atom. The Labute approximate surface area is 41.9 Å². The van der Waals surface area contributed by atoms with Gasteiger partial charge in [-0.25, -0.2) is 0 Å². The maximum Gasteiger partial charge on any atom is 0.156 e. The predicted molar refractivity (Wildman–Crippen MR) is 25.1 cm³/mol. The Morgan fingerprint density at radius 1 is 2.00 bits per heavy atom. The maximum atomic E-state index is 7.99. The van der Waals surface area contributed by atoms with E-state index in [-0.39, 0.29) is 5.71 Å². The van der Waals surface area contributed by atoms with E-state index in [1.54, 1.807) is 13.0 Å². The molecule has 0 aliphatic carbocycles. The number of nitrogens with zero attached hydrogens (tertiary/aromatic N) is 2. The highest BCUT2D eigenvalue weighted by Crippen LogP contribution is 1.78. The molecule has 0 heterocycles. The second kappa shape index (κ2) is 3.16. The Hall–Kier alpha value is -1.04. The van der Waals surface area contributed by atoms with Gasteiger partial charge in [0.15, 0.2) is 5.71 Å². The van der Waals surface area contributed by atoms with Gasteiger partial charge in [-0.1, -0.05) is 12.1 Å². The van der Waals surface area contributed by atoms with E-state index in [9.17, 15) is 0 Å². The molecule has 0 spiro atoms. The monoisotopic (exact) mass is 98.0 g/mol. The summed E-state index contributed by atoms with van der Waals surface area (Å²) >= 11 is 0. The van der Waals surface area contributed by atoms with Crippen LogP contribution in [0.25, 0.3) is 0 Å². The predicted octanol–water partition coefficient (Wildman–Crippen LogP) is 0.750. The van der Waals surface area contributed by atoms with Crippen molar-refractivity contribution in [2.24, 2.45) is 5.16 Å². The highest BCUT2D eigenvalue weighted by atomic mass is 16.4. The molecular weight excluding hydrogens is 92.1 g/mol. The van der Waals surface area contributed by atoms with Crippen molar-refractivity contribution < 1.29 is 5.21 Å². The standard InChI is InChI=1S/C4H6N2O/c1-2-4(3-5)6-7/h7H,2H2,1H3/b6-4-. The first-order valence-electron chi connectivity index (χ1n) is 1.96. The first kappa shape index (κ1) is 5.96. The third-order valence-electron chi connectivity index (χ3n) is 0.585. The molecule has 0 aromatic heterocycles. The molecule has 0 bridgehead atoms. The van der Waals surface area contributed by atoms with E-state index in [4.69, 9.17) is 10.5 Å². The zero-order valence-electron chi connectivity index (χ0n) is 4.05. The molecule has 0 aliphatic rings. The Bertz CT molecular complexity index is 111. The van der Waals surface area contributed by atoms with Crippen LogP contribution in [-0.2, 0) is 0 Å². The lowest BCUT2D eigenvalue weighted by atomic mass is 10.3. The summed E-state index contributed by atoms with van der Waals surface area (Å²) in [5.74, 6) is 0. The van der Waals surface area contributed by atoms with Crippen molar-refractivity contribution in [1.29, 1.82) is 5.26 Å². The zero-order chi connectivity index (χ0) is 5.70. The number of nitriles is 1. The van der Waals surface area contributed by atoms with Crippen LogP contribution in [-0.4, -0.2) is 10.9 Å². The molecule has 0 fully saturated rings. The highest BCUT2D eigenvalue weighted by Gasteiger charge is 1.87. The van der Waals surface area contributed by atoms with E-state index in [2.05, 4.69) is 5.16 Å². The summed E-state index contributed by atoms with van der Waals surface area (Å²) in [4.78, 5) is 0. The van der Waals surface area contributed by atoms with E-state index in [1.807, 2.05) is 0 Å². The van der Waals surface area contributed by atoms with Crippen molar-refractivity contribution in [2.45, 2.75) is 13.3 Å². The molecule has 0 saturated carbocycles. The van der Waals surface area contributed by atoms with Crippen LogP contribution in [0.4, 0.5) is 0 Å². The van der Waals surface area contributed by atoms with Crippen LogP contribution in [0.3, 0.4) is 0 Å². The molecule has 0 amide bonds. The lowest BCUT2D eigenvalue weighted by molar-refractivity contribution is 0.318. The molecule has 7 heavy (non-hydrogen) atoms. The van der Waals surface area contributed by atoms with Gasteiger partial charge in [0.05, 0.1) is 0 Å². The summed E-state index contributed by atoms with van der Waals surface area (Å²) in [6.45, 7) is 1.75. The number of oxime groups is 1. The van der Waals surface area contributed by atoms with Crippen LogP contribution in [0.5, 0.6) is 0 Å². The van der Waals surface area contributed by atoms with E-state index in [1.165, 1.54) is 0 Å².